The molecule has 1 unspecified atom stereocenters. The second-order valence-electron chi connectivity index (χ2n) is 4.96. The maximum Gasteiger partial charge on any atom is 0.182 e. The zero-order valence-electron chi connectivity index (χ0n) is 11.9. The van der Waals surface area contributed by atoms with Gasteiger partial charge in [0.05, 0.1) is 21.8 Å². The molecule has 1 aromatic carbocycles. The molecule has 0 amide bonds. The molecule has 0 spiro atoms. The summed E-state index contributed by atoms with van der Waals surface area (Å²) in [5.41, 5.74) is 0.155. The second kappa shape index (κ2) is 6.34. The van der Waals surface area contributed by atoms with Crippen molar-refractivity contribution in [1.82, 2.24) is 0 Å². The van der Waals surface area contributed by atoms with E-state index in [0.29, 0.717) is 19.6 Å². The molecule has 1 atom stereocenters. The number of ketones is 1. The van der Waals surface area contributed by atoms with Crippen LogP contribution >= 0.6 is 11.6 Å². The van der Waals surface area contributed by atoms with Gasteiger partial charge in [-0.1, -0.05) is 11.6 Å². The van der Waals surface area contributed by atoms with Crippen molar-refractivity contribution in [1.29, 1.82) is 0 Å². The standard InChI is InChI=1S/C14H17ClO5S/c1-9-6-12(16)10-7-11(15)13(20-5-3-4-19-2)8-14(10)21(9,17)18/h7-9H,3-6H2,1-2H3. The Kier molecular flexibility index (Phi) is 4.91. The Bertz CT molecular complexity index is 654. The SMILES string of the molecule is COCCCOc1cc2c(cc1Cl)C(=O)CC(C)S2(=O)=O. The lowest BCUT2D eigenvalue weighted by molar-refractivity contribution is 0.0975. The van der Waals surface area contributed by atoms with Gasteiger partial charge in [-0.05, 0) is 13.0 Å². The summed E-state index contributed by atoms with van der Waals surface area (Å²) in [6.45, 7) is 2.43. The summed E-state index contributed by atoms with van der Waals surface area (Å²) in [4.78, 5) is 12.0. The molecule has 0 aromatic heterocycles. The first-order valence-corrected chi connectivity index (χ1v) is 8.52. The number of ether oxygens (including phenoxy) is 2. The summed E-state index contributed by atoms with van der Waals surface area (Å²) in [5.74, 6) is 0.0668. The molecule has 21 heavy (non-hydrogen) atoms. The van der Waals surface area contributed by atoms with Gasteiger partial charge >= 0.3 is 0 Å². The first-order valence-electron chi connectivity index (χ1n) is 6.60. The van der Waals surface area contributed by atoms with Crippen LogP contribution in [-0.4, -0.2) is 39.8 Å². The fourth-order valence-corrected chi connectivity index (χ4v) is 3.95. The highest BCUT2D eigenvalue weighted by atomic mass is 35.5. The fraction of sp³-hybridized carbons (Fsp3) is 0.500. The molecule has 7 heteroatoms. The Morgan fingerprint density at radius 2 is 2.05 bits per heavy atom. The highest BCUT2D eigenvalue weighted by molar-refractivity contribution is 7.92. The number of rotatable bonds is 5. The predicted octanol–water partition coefficient (Wildman–Crippen LogP) is 2.50. The average Bonchev–Trinajstić information content (AvgIpc) is 2.42. The first-order chi connectivity index (χ1) is 9.87. The van der Waals surface area contributed by atoms with E-state index in [1.54, 1.807) is 7.11 Å². The summed E-state index contributed by atoms with van der Waals surface area (Å²) >= 11 is 6.07. The minimum Gasteiger partial charge on any atom is -0.492 e. The number of hydrogen-bond donors (Lipinski definition) is 0. The number of sulfone groups is 1. The summed E-state index contributed by atoms with van der Waals surface area (Å²) in [6, 6.07) is 2.74. The van der Waals surface area contributed by atoms with Gasteiger partial charge in [0.25, 0.3) is 0 Å². The molecule has 1 aromatic rings. The summed E-state index contributed by atoms with van der Waals surface area (Å²) < 4.78 is 35.0. The molecule has 1 aliphatic heterocycles. The van der Waals surface area contributed by atoms with Gasteiger partial charge in [0.15, 0.2) is 15.6 Å². The van der Waals surface area contributed by atoms with Crippen LogP contribution in [0.1, 0.15) is 30.1 Å². The van der Waals surface area contributed by atoms with E-state index in [-0.39, 0.29) is 33.4 Å². The van der Waals surface area contributed by atoms with Crippen molar-refractivity contribution >= 4 is 27.2 Å². The molecular weight excluding hydrogens is 316 g/mol. The quantitative estimate of drug-likeness (QED) is 0.775. The van der Waals surface area contributed by atoms with Crippen LogP contribution in [0.4, 0.5) is 0 Å². The normalized spacial score (nSPS) is 20.1. The average molecular weight is 333 g/mol. The van der Waals surface area contributed by atoms with Crippen LogP contribution in [0, 0.1) is 0 Å². The Morgan fingerprint density at radius 3 is 2.71 bits per heavy atom. The molecule has 1 aliphatic rings. The summed E-state index contributed by atoms with van der Waals surface area (Å²) in [6.07, 6.45) is 0.645. The molecule has 0 bridgehead atoms. The Morgan fingerprint density at radius 1 is 1.33 bits per heavy atom. The second-order valence-corrected chi connectivity index (χ2v) is 7.70. The number of hydrogen-bond acceptors (Lipinski definition) is 5. The number of halogens is 1. The molecule has 2 rings (SSSR count). The number of methoxy groups -OCH3 is 1. The van der Waals surface area contributed by atoms with Gasteiger partial charge in [0, 0.05) is 38.2 Å². The van der Waals surface area contributed by atoms with Crippen LogP contribution in [0.3, 0.4) is 0 Å². The van der Waals surface area contributed by atoms with Crippen molar-refractivity contribution in [3.05, 3.63) is 22.7 Å². The van der Waals surface area contributed by atoms with E-state index in [1.807, 2.05) is 0 Å². The van der Waals surface area contributed by atoms with Gasteiger partial charge in [-0.2, -0.15) is 0 Å². The van der Waals surface area contributed by atoms with Crippen LogP contribution in [0.5, 0.6) is 5.75 Å². The van der Waals surface area contributed by atoms with Gasteiger partial charge in [-0.15, -0.1) is 0 Å². The molecule has 0 aliphatic carbocycles. The van der Waals surface area contributed by atoms with E-state index in [4.69, 9.17) is 21.1 Å². The van der Waals surface area contributed by atoms with E-state index in [2.05, 4.69) is 0 Å². The van der Waals surface area contributed by atoms with Crippen molar-refractivity contribution < 1.29 is 22.7 Å². The highest BCUT2D eigenvalue weighted by Gasteiger charge is 2.36. The van der Waals surface area contributed by atoms with Gasteiger partial charge in [-0.3, -0.25) is 4.79 Å². The third-order valence-corrected chi connectivity index (χ3v) is 5.87. The minimum atomic E-state index is -3.51. The number of carbonyl (C=O) groups excluding carboxylic acids is 1. The molecule has 5 nitrogen and oxygen atoms in total. The predicted molar refractivity (Wildman–Crippen MR) is 79.0 cm³/mol. The Labute approximate surface area is 129 Å². The molecule has 0 radical (unpaired) electrons. The van der Waals surface area contributed by atoms with E-state index < -0.39 is 15.1 Å². The Hall–Kier alpha value is -1.11. The molecule has 0 saturated carbocycles. The molecule has 116 valence electrons. The maximum absolute atomic E-state index is 12.3. The van der Waals surface area contributed by atoms with Gasteiger partial charge < -0.3 is 9.47 Å². The van der Waals surface area contributed by atoms with Crippen LogP contribution in [-0.2, 0) is 14.6 Å². The maximum atomic E-state index is 12.3. The highest BCUT2D eigenvalue weighted by Crippen LogP contribution is 2.36. The first kappa shape index (κ1) is 16.3. The third-order valence-electron chi connectivity index (χ3n) is 3.39. The van der Waals surface area contributed by atoms with Gasteiger partial charge in [0.2, 0.25) is 0 Å². The van der Waals surface area contributed by atoms with Crippen LogP contribution in [0.15, 0.2) is 17.0 Å². The Balaban J connectivity index is 2.35. The summed E-state index contributed by atoms with van der Waals surface area (Å²) in [5, 5.41) is -0.482. The lowest BCUT2D eigenvalue weighted by Gasteiger charge is -2.22. The molecular formula is C14H17ClO5S. The van der Waals surface area contributed by atoms with Gasteiger partial charge in [0.1, 0.15) is 5.75 Å². The van der Waals surface area contributed by atoms with Gasteiger partial charge in [-0.25, -0.2) is 8.42 Å². The molecule has 0 saturated heterocycles. The van der Waals surface area contributed by atoms with Crippen molar-refractivity contribution in [3.63, 3.8) is 0 Å². The largest absolute Gasteiger partial charge is 0.492 e. The monoisotopic (exact) mass is 332 g/mol. The fourth-order valence-electron chi connectivity index (χ4n) is 2.18. The zero-order chi connectivity index (χ0) is 15.6. The zero-order valence-corrected chi connectivity index (χ0v) is 13.5. The number of carbonyl (C=O) groups is 1. The van der Waals surface area contributed by atoms with E-state index >= 15 is 0 Å². The smallest absolute Gasteiger partial charge is 0.182 e. The molecule has 0 fully saturated rings. The number of benzene rings is 1. The van der Waals surface area contributed by atoms with Crippen molar-refractivity contribution in [2.45, 2.75) is 29.9 Å². The van der Waals surface area contributed by atoms with Crippen LogP contribution < -0.4 is 4.74 Å². The number of fused-ring (bicyclic) bond motifs is 1. The lowest BCUT2D eigenvalue weighted by atomic mass is 10.1. The van der Waals surface area contributed by atoms with E-state index in [0.717, 1.165) is 0 Å². The van der Waals surface area contributed by atoms with Crippen molar-refractivity contribution in [2.24, 2.45) is 0 Å². The molecule has 0 N–H and O–H groups in total. The van der Waals surface area contributed by atoms with E-state index in [9.17, 15) is 13.2 Å². The van der Waals surface area contributed by atoms with Crippen LogP contribution in [0.25, 0.3) is 0 Å². The van der Waals surface area contributed by atoms with E-state index in [1.165, 1.54) is 19.1 Å². The topological polar surface area (TPSA) is 69.7 Å². The minimum absolute atomic E-state index is 0.0115. The third kappa shape index (κ3) is 3.22. The number of Topliss-reactive ketones (excluding diaryl/α,β-unsaturated/α-hetero) is 1. The molecule has 1 heterocycles. The summed E-state index contributed by atoms with van der Waals surface area (Å²) in [7, 11) is -1.92. The lowest BCUT2D eigenvalue weighted by Crippen LogP contribution is -2.29. The van der Waals surface area contributed by atoms with Crippen molar-refractivity contribution in [2.75, 3.05) is 20.3 Å². The van der Waals surface area contributed by atoms with Crippen molar-refractivity contribution in [3.8, 4) is 5.75 Å². The van der Waals surface area contributed by atoms with Crippen LogP contribution in [0.2, 0.25) is 5.02 Å².